The number of hydrogen-bond donors (Lipinski definition) is 1. The SMILES string of the molecule is CC(NC(=O)C(C)C1CCC1)c1csnn1. The van der Waals surface area contributed by atoms with Gasteiger partial charge in [-0.25, -0.2) is 0 Å². The Labute approximate surface area is 99.6 Å². The highest BCUT2D eigenvalue weighted by molar-refractivity contribution is 7.03. The van der Waals surface area contributed by atoms with Gasteiger partial charge in [-0.1, -0.05) is 17.8 Å². The molecule has 1 fully saturated rings. The molecular weight excluding hydrogens is 222 g/mol. The highest BCUT2D eigenvalue weighted by Crippen LogP contribution is 2.33. The third-order valence-electron chi connectivity index (χ3n) is 3.45. The zero-order valence-electron chi connectivity index (χ0n) is 9.64. The summed E-state index contributed by atoms with van der Waals surface area (Å²) in [7, 11) is 0. The standard InChI is InChI=1S/C11H17N3OS/c1-7(9-4-3-5-9)11(15)12-8(2)10-6-16-14-13-10/h6-9H,3-5H2,1-2H3,(H,12,15). The second kappa shape index (κ2) is 4.91. The fourth-order valence-corrected chi connectivity index (χ4v) is 2.48. The summed E-state index contributed by atoms with van der Waals surface area (Å²) in [6.45, 7) is 3.97. The van der Waals surface area contributed by atoms with Gasteiger partial charge in [0.25, 0.3) is 0 Å². The van der Waals surface area contributed by atoms with Gasteiger partial charge in [0.1, 0.15) is 0 Å². The quantitative estimate of drug-likeness (QED) is 0.876. The van der Waals surface area contributed by atoms with Crippen molar-refractivity contribution in [1.82, 2.24) is 14.9 Å². The molecule has 0 bridgehead atoms. The van der Waals surface area contributed by atoms with Crippen molar-refractivity contribution in [2.45, 2.75) is 39.2 Å². The topological polar surface area (TPSA) is 54.9 Å². The van der Waals surface area contributed by atoms with Crippen LogP contribution in [0.1, 0.15) is 44.8 Å². The molecule has 2 rings (SSSR count). The van der Waals surface area contributed by atoms with E-state index in [2.05, 4.69) is 14.9 Å². The van der Waals surface area contributed by atoms with Crippen molar-refractivity contribution in [2.24, 2.45) is 11.8 Å². The van der Waals surface area contributed by atoms with E-state index in [-0.39, 0.29) is 17.9 Å². The molecule has 0 spiro atoms. The first-order valence-corrected chi connectivity index (χ1v) is 6.59. The molecule has 0 radical (unpaired) electrons. The molecule has 0 aromatic carbocycles. The van der Waals surface area contributed by atoms with Crippen molar-refractivity contribution in [3.05, 3.63) is 11.1 Å². The van der Waals surface area contributed by atoms with Crippen LogP contribution >= 0.6 is 11.5 Å². The van der Waals surface area contributed by atoms with Crippen molar-refractivity contribution in [1.29, 1.82) is 0 Å². The lowest BCUT2D eigenvalue weighted by Crippen LogP contribution is -2.37. The molecule has 1 saturated carbocycles. The average molecular weight is 239 g/mol. The summed E-state index contributed by atoms with van der Waals surface area (Å²) in [4.78, 5) is 11.9. The lowest BCUT2D eigenvalue weighted by Gasteiger charge is -2.31. The zero-order chi connectivity index (χ0) is 11.5. The maximum atomic E-state index is 11.9. The zero-order valence-corrected chi connectivity index (χ0v) is 10.5. The number of carbonyl (C=O) groups is 1. The molecule has 1 aromatic rings. The van der Waals surface area contributed by atoms with Crippen LogP contribution in [0.25, 0.3) is 0 Å². The number of nitrogens with one attached hydrogen (secondary N) is 1. The Morgan fingerprint density at radius 1 is 1.56 bits per heavy atom. The van der Waals surface area contributed by atoms with Crippen molar-refractivity contribution in [3.63, 3.8) is 0 Å². The largest absolute Gasteiger partial charge is 0.348 e. The van der Waals surface area contributed by atoms with E-state index in [4.69, 9.17) is 0 Å². The van der Waals surface area contributed by atoms with Gasteiger partial charge in [-0.05, 0) is 37.2 Å². The Bertz CT molecular complexity index is 348. The van der Waals surface area contributed by atoms with E-state index in [1.54, 1.807) is 0 Å². The molecule has 1 aliphatic rings. The van der Waals surface area contributed by atoms with Gasteiger partial charge in [-0.15, -0.1) is 5.10 Å². The van der Waals surface area contributed by atoms with Crippen LogP contribution < -0.4 is 5.32 Å². The molecule has 5 heteroatoms. The number of nitrogens with zero attached hydrogens (tertiary/aromatic N) is 2. The summed E-state index contributed by atoms with van der Waals surface area (Å²) in [6.07, 6.45) is 3.66. The monoisotopic (exact) mass is 239 g/mol. The molecule has 1 heterocycles. The molecular formula is C11H17N3OS. The Morgan fingerprint density at radius 2 is 2.31 bits per heavy atom. The molecule has 4 nitrogen and oxygen atoms in total. The first-order valence-electron chi connectivity index (χ1n) is 5.76. The molecule has 1 amide bonds. The molecule has 1 aliphatic carbocycles. The van der Waals surface area contributed by atoms with E-state index in [1.807, 2.05) is 19.2 Å². The van der Waals surface area contributed by atoms with Gasteiger partial charge < -0.3 is 5.32 Å². The smallest absolute Gasteiger partial charge is 0.223 e. The van der Waals surface area contributed by atoms with Crippen LogP contribution in [0.4, 0.5) is 0 Å². The molecule has 16 heavy (non-hydrogen) atoms. The Kier molecular flexibility index (Phi) is 3.53. The second-order valence-corrected chi connectivity index (χ2v) is 5.15. The number of carbonyl (C=O) groups excluding carboxylic acids is 1. The maximum Gasteiger partial charge on any atom is 0.223 e. The van der Waals surface area contributed by atoms with E-state index in [0.717, 1.165) is 5.69 Å². The number of rotatable bonds is 4. The Morgan fingerprint density at radius 3 is 2.81 bits per heavy atom. The van der Waals surface area contributed by atoms with Crippen LogP contribution in [-0.4, -0.2) is 15.5 Å². The number of amides is 1. The van der Waals surface area contributed by atoms with E-state index >= 15 is 0 Å². The van der Waals surface area contributed by atoms with Crippen LogP contribution in [0.2, 0.25) is 0 Å². The highest BCUT2D eigenvalue weighted by Gasteiger charge is 2.29. The third kappa shape index (κ3) is 2.40. The minimum absolute atomic E-state index is 0.0335. The highest BCUT2D eigenvalue weighted by atomic mass is 32.1. The summed E-state index contributed by atoms with van der Waals surface area (Å²) in [5, 5.41) is 8.83. The van der Waals surface area contributed by atoms with Crippen molar-refractivity contribution >= 4 is 17.4 Å². The summed E-state index contributed by atoms with van der Waals surface area (Å²) >= 11 is 1.31. The second-order valence-electron chi connectivity index (χ2n) is 4.54. The van der Waals surface area contributed by atoms with Gasteiger partial charge in [-0.3, -0.25) is 4.79 Å². The van der Waals surface area contributed by atoms with E-state index in [1.165, 1.54) is 30.8 Å². The molecule has 2 atom stereocenters. The first-order chi connectivity index (χ1) is 7.68. The van der Waals surface area contributed by atoms with Crippen LogP contribution in [0, 0.1) is 11.8 Å². The summed E-state index contributed by atoms with van der Waals surface area (Å²) in [5.41, 5.74) is 0.846. The van der Waals surface area contributed by atoms with Crippen LogP contribution in [0.15, 0.2) is 5.38 Å². The van der Waals surface area contributed by atoms with Crippen molar-refractivity contribution < 1.29 is 4.79 Å². The molecule has 88 valence electrons. The molecule has 0 saturated heterocycles. The maximum absolute atomic E-state index is 11.9. The van der Waals surface area contributed by atoms with Gasteiger partial charge in [0.15, 0.2) is 0 Å². The van der Waals surface area contributed by atoms with E-state index in [9.17, 15) is 4.79 Å². The van der Waals surface area contributed by atoms with E-state index < -0.39 is 0 Å². The Hall–Kier alpha value is -0.970. The van der Waals surface area contributed by atoms with E-state index in [0.29, 0.717) is 5.92 Å². The fraction of sp³-hybridized carbons (Fsp3) is 0.727. The predicted octanol–water partition coefficient (Wildman–Crippen LogP) is 2.15. The van der Waals surface area contributed by atoms with Crippen LogP contribution in [-0.2, 0) is 4.79 Å². The van der Waals surface area contributed by atoms with Crippen LogP contribution in [0.5, 0.6) is 0 Å². The van der Waals surface area contributed by atoms with Gasteiger partial charge in [0, 0.05) is 11.3 Å². The van der Waals surface area contributed by atoms with Crippen molar-refractivity contribution in [3.8, 4) is 0 Å². The number of aromatic nitrogens is 2. The predicted molar refractivity (Wildman–Crippen MR) is 63.0 cm³/mol. The fourth-order valence-electron chi connectivity index (χ4n) is 1.93. The van der Waals surface area contributed by atoms with Gasteiger partial charge in [0.05, 0.1) is 11.7 Å². The minimum atomic E-state index is -0.0335. The molecule has 1 aromatic heterocycles. The first kappa shape index (κ1) is 11.5. The lowest BCUT2D eigenvalue weighted by atomic mass is 9.76. The third-order valence-corrected chi connectivity index (χ3v) is 3.97. The molecule has 0 aliphatic heterocycles. The van der Waals surface area contributed by atoms with Crippen LogP contribution in [0.3, 0.4) is 0 Å². The summed E-state index contributed by atoms with van der Waals surface area (Å²) in [6, 6.07) is -0.0335. The number of hydrogen-bond acceptors (Lipinski definition) is 4. The van der Waals surface area contributed by atoms with Gasteiger partial charge >= 0.3 is 0 Å². The van der Waals surface area contributed by atoms with Gasteiger partial charge in [-0.2, -0.15) is 0 Å². The minimum Gasteiger partial charge on any atom is -0.348 e. The van der Waals surface area contributed by atoms with Gasteiger partial charge in [0.2, 0.25) is 5.91 Å². The normalized spacial score (nSPS) is 19.9. The Balaban J connectivity index is 1.86. The summed E-state index contributed by atoms with van der Waals surface area (Å²) in [5.74, 6) is 0.855. The summed E-state index contributed by atoms with van der Waals surface area (Å²) < 4.78 is 3.80. The molecule has 1 N–H and O–H groups in total. The molecule has 2 unspecified atom stereocenters. The van der Waals surface area contributed by atoms with Crippen molar-refractivity contribution in [2.75, 3.05) is 0 Å². The average Bonchev–Trinajstić information content (AvgIpc) is 2.67. The lowest BCUT2D eigenvalue weighted by molar-refractivity contribution is -0.127.